The average Bonchev–Trinajstić information content (AvgIpc) is 2.42. The van der Waals surface area contributed by atoms with E-state index in [1.807, 2.05) is 0 Å². The lowest BCUT2D eigenvalue weighted by molar-refractivity contribution is -0.140. The Bertz CT molecular complexity index is 558. The van der Waals surface area contributed by atoms with Crippen molar-refractivity contribution < 1.29 is 27.6 Å². The van der Waals surface area contributed by atoms with Gasteiger partial charge in [-0.05, 0) is 18.6 Å². The van der Waals surface area contributed by atoms with E-state index in [2.05, 4.69) is 10.5 Å². The van der Waals surface area contributed by atoms with E-state index in [9.17, 15) is 22.4 Å². The molecule has 0 aliphatic carbocycles. The molecule has 4 N–H and O–H groups in total. The van der Waals surface area contributed by atoms with Gasteiger partial charge < -0.3 is 16.3 Å². The number of amidine groups is 1. The summed E-state index contributed by atoms with van der Waals surface area (Å²) in [5, 5.41) is 13.4. The third-order valence-electron chi connectivity index (χ3n) is 2.73. The average molecular weight is 307 g/mol. The van der Waals surface area contributed by atoms with Gasteiger partial charge in [0.1, 0.15) is 5.82 Å². The Balaban J connectivity index is 3.09. The van der Waals surface area contributed by atoms with Gasteiger partial charge in [0.15, 0.2) is 5.84 Å². The second-order valence-corrected chi connectivity index (χ2v) is 4.12. The minimum absolute atomic E-state index is 0.211. The molecule has 0 aromatic heterocycles. The largest absolute Gasteiger partial charge is 0.419 e. The van der Waals surface area contributed by atoms with E-state index >= 15 is 0 Å². The first-order chi connectivity index (χ1) is 9.72. The number of oxime groups is 1. The molecule has 1 rings (SSSR count). The zero-order valence-corrected chi connectivity index (χ0v) is 10.9. The van der Waals surface area contributed by atoms with E-state index in [4.69, 9.17) is 10.9 Å². The predicted molar refractivity (Wildman–Crippen MR) is 66.4 cm³/mol. The third-order valence-corrected chi connectivity index (χ3v) is 2.73. The maximum absolute atomic E-state index is 13.8. The number of rotatable bonds is 4. The van der Waals surface area contributed by atoms with Crippen LogP contribution in [0.25, 0.3) is 0 Å². The second-order valence-electron chi connectivity index (χ2n) is 4.12. The monoisotopic (exact) mass is 307 g/mol. The van der Waals surface area contributed by atoms with E-state index in [1.54, 1.807) is 6.92 Å². The summed E-state index contributed by atoms with van der Waals surface area (Å²) < 4.78 is 51.4. The van der Waals surface area contributed by atoms with Gasteiger partial charge in [0.2, 0.25) is 0 Å². The van der Waals surface area contributed by atoms with Crippen LogP contribution in [0.4, 0.5) is 17.6 Å². The summed E-state index contributed by atoms with van der Waals surface area (Å²) in [6.45, 7) is 1.59. The van der Waals surface area contributed by atoms with Crippen molar-refractivity contribution in [2.75, 3.05) is 0 Å². The minimum Gasteiger partial charge on any atom is -0.409 e. The summed E-state index contributed by atoms with van der Waals surface area (Å²) >= 11 is 0. The van der Waals surface area contributed by atoms with Crippen LogP contribution in [0.15, 0.2) is 23.4 Å². The molecule has 21 heavy (non-hydrogen) atoms. The number of benzene rings is 1. The highest BCUT2D eigenvalue weighted by atomic mass is 19.4. The number of carbonyl (C=O) groups is 1. The van der Waals surface area contributed by atoms with Crippen molar-refractivity contribution in [3.05, 3.63) is 35.1 Å². The van der Waals surface area contributed by atoms with Gasteiger partial charge in [-0.15, -0.1) is 0 Å². The Kier molecular flexibility index (Phi) is 5.12. The fourth-order valence-electron chi connectivity index (χ4n) is 1.62. The fourth-order valence-corrected chi connectivity index (χ4v) is 1.62. The van der Waals surface area contributed by atoms with Crippen LogP contribution >= 0.6 is 0 Å². The van der Waals surface area contributed by atoms with Gasteiger partial charge in [-0.1, -0.05) is 18.1 Å². The van der Waals surface area contributed by atoms with Crippen LogP contribution in [0.2, 0.25) is 0 Å². The lowest BCUT2D eigenvalue weighted by Crippen LogP contribution is -2.44. The molecule has 9 heteroatoms. The number of hydrogen-bond acceptors (Lipinski definition) is 3. The Morgan fingerprint density at radius 3 is 2.57 bits per heavy atom. The fraction of sp³-hybridized carbons (Fsp3) is 0.333. The molecule has 0 bridgehead atoms. The molecule has 0 fully saturated rings. The molecule has 0 aliphatic heterocycles. The van der Waals surface area contributed by atoms with Crippen LogP contribution in [-0.4, -0.2) is 23.0 Å². The molecular formula is C12H13F4N3O2. The second kappa shape index (κ2) is 6.42. The van der Waals surface area contributed by atoms with E-state index in [0.717, 1.165) is 12.1 Å². The van der Waals surface area contributed by atoms with Crippen molar-refractivity contribution in [2.45, 2.75) is 25.6 Å². The summed E-state index contributed by atoms with van der Waals surface area (Å²) in [6.07, 6.45) is -4.70. The molecule has 1 aromatic rings. The van der Waals surface area contributed by atoms with Gasteiger partial charge in [-0.25, -0.2) is 4.39 Å². The summed E-state index contributed by atoms with van der Waals surface area (Å²) in [5.74, 6) is -3.09. The summed E-state index contributed by atoms with van der Waals surface area (Å²) in [4.78, 5) is 11.8. The summed E-state index contributed by atoms with van der Waals surface area (Å²) in [7, 11) is 0. The Labute approximate surface area is 117 Å². The number of nitrogens with zero attached hydrogens (tertiary/aromatic N) is 1. The van der Waals surface area contributed by atoms with Crippen LogP contribution < -0.4 is 11.1 Å². The van der Waals surface area contributed by atoms with E-state index in [1.165, 1.54) is 0 Å². The van der Waals surface area contributed by atoms with Gasteiger partial charge in [0.05, 0.1) is 17.2 Å². The van der Waals surface area contributed by atoms with Crippen LogP contribution in [-0.2, 0) is 6.18 Å². The molecule has 116 valence electrons. The quantitative estimate of drug-likeness (QED) is 0.262. The number of hydrogen-bond donors (Lipinski definition) is 3. The molecule has 0 aliphatic rings. The zero-order valence-electron chi connectivity index (χ0n) is 10.9. The number of amides is 1. The van der Waals surface area contributed by atoms with Crippen molar-refractivity contribution in [3.63, 3.8) is 0 Å². The Morgan fingerprint density at radius 1 is 1.48 bits per heavy atom. The number of nitrogens with one attached hydrogen (secondary N) is 1. The minimum atomic E-state index is -4.91. The van der Waals surface area contributed by atoms with E-state index < -0.39 is 35.1 Å². The standard InChI is InChI=1S/C12H13F4N3O2/c1-2-8(10(17)19-21)18-11(20)6-4-3-5-7(9(6)13)12(14,15)16/h3-5,8,21H,2H2,1H3,(H2,17,19)(H,18,20). The van der Waals surface area contributed by atoms with Gasteiger partial charge in [-0.3, -0.25) is 4.79 Å². The number of carbonyl (C=O) groups excluding carboxylic acids is 1. The number of halogens is 4. The van der Waals surface area contributed by atoms with Crippen LogP contribution in [0.5, 0.6) is 0 Å². The van der Waals surface area contributed by atoms with Gasteiger partial charge in [0, 0.05) is 0 Å². The molecule has 0 radical (unpaired) electrons. The first kappa shape index (κ1) is 16.7. The van der Waals surface area contributed by atoms with Crippen molar-refractivity contribution in [2.24, 2.45) is 10.9 Å². The van der Waals surface area contributed by atoms with Gasteiger partial charge >= 0.3 is 6.18 Å². The van der Waals surface area contributed by atoms with Crippen LogP contribution in [0.3, 0.4) is 0 Å². The maximum Gasteiger partial charge on any atom is 0.419 e. The predicted octanol–water partition coefficient (Wildman–Crippen LogP) is 2.10. The zero-order chi connectivity index (χ0) is 16.2. The third kappa shape index (κ3) is 3.83. The van der Waals surface area contributed by atoms with Gasteiger partial charge in [-0.2, -0.15) is 13.2 Å². The molecular weight excluding hydrogens is 294 g/mol. The van der Waals surface area contributed by atoms with Crippen molar-refractivity contribution in [1.29, 1.82) is 0 Å². The molecule has 1 unspecified atom stereocenters. The molecule has 5 nitrogen and oxygen atoms in total. The van der Waals surface area contributed by atoms with Crippen molar-refractivity contribution in [1.82, 2.24) is 5.32 Å². The molecule has 1 amide bonds. The maximum atomic E-state index is 13.8. The van der Waals surface area contributed by atoms with Crippen molar-refractivity contribution >= 4 is 11.7 Å². The van der Waals surface area contributed by atoms with E-state index in [-0.39, 0.29) is 12.3 Å². The number of nitrogens with two attached hydrogens (primary N) is 1. The van der Waals surface area contributed by atoms with Crippen LogP contribution in [0.1, 0.15) is 29.3 Å². The highest BCUT2D eigenvalue weighted by molar-refractivity contribution is 5.98. The lowest BCUT2D eigenvalue weighted by Gasteiger charge is -2.16. The summed E-state index contributed by atoms with van der Waals surface area (Å²) in [6, 6.07) is 1.45. The highest BCUT2D eigenvalue weighted by Crippen LogP contribution is 2.32. The SMILES string of the molecule is CCC(NC(=O)c1cccc(C(F)(F)F)c1F)/C(N)=N/O. The van der Waals surface area contributed by atoms with Gasteiger partial charge in [0.25, 0.3) is 5.91 Å². The molecule has 0 spiro atoms. The van der Waals surface area contributed by atoms with Crippen molar-refractivity contribution in [3.8, 4) is 0 Å². The molecule has 1 aromatic carbocycles. The smallest absolute Gasteiger partial charge is 0.409 e. The van der Waals surface area contributed by atoms with E-state index in [0.29, 0.717) is 6.07 Å². The molecule has 0 saturated heterocycles. The van der Waals surface area contributed by atoms with Crippen LogP contribution in [0, 0.1) is 5.82 Å². The highest BCUT2D eigenvalue weighted by Gasteiger charge is 2.35. The molecule has 1 atom stereocenters. The number of alkyl halides is 3. The molecule has 0 heterocycles. The first-order valence-corrected chi connectivity index (χ1v) is 5.86. The lowest BCUT2D eigenvalue weighted by atomic mass is 10.1. The first-order valence-electron chi connectivity index (χ1n) is 5.86. The topological polar surface area (TPSA) is 87.7 Å². The summed E-state index contributed by atoms with van der Waals surface area (Å²) in [5.41, 5.74) is 3.00. The Morgan fingerprint density at radius 2 is 2.10 bits per heavy atom. The normalized spacial score (nSPS) is 13.9. The Hall–Kier alpha value is -2.32. The molecule has 0 saturated carbocycles.